The van der Waals surface area contributed by atoms with Crippen LogP contribution >= 0.6 is 11.3 Å². The van der Waals surface area contributed by atoms with Gasteiger partial charge < -0.3 is 10.5 Å². The van der Waals surface area contributed by atoms with Crippen LogP contribution in [0.25, 0.3) is 10.2 Å². The third kappa shape index (κ3) is 2.52. The quantitative estimate of drug-likeness (QED) is 0.898. The van der Waals surface area contributed by atoms with Crippen LogP contribution in [0.4, 0.5) is 5.13 Å². The maximum Gasteiger partial charge on any atom is 0.181 e. The lowest BCUT2D eigenvalue weighted by Crippen LogP contribution is -2.00. The fourth-order valence-corrected chi connectivity index (χ4v) is 2.52. The van der Waals surface area contributed by atoms with Crippen LogP contribution in [-0.4, -0.2) is 11.6 Å². The van der Waals surface area contributed by atoms with E-state index in [1.54, 1.807) is 0 Å². The minimum absolute atomic E-state index is 0.425. The number of fused-ring (bicyclic) bond motifs is 1. The number of rotatable bonds is 4. The van der Waals surface area contributed by atoms with E-state index in [0.717, 1.165) is 29.0 Å². The lowest BCUT2D eigenvalue weighted by Gasteiger charge is -2.13. The van der Waals surface area contributed by atoms with E-state index in [-0.39, 0.29) is 0 Å². The zero-order chi connectivity index (χ0) is 12.4. The molecule has 1 aromatic heterocycles. The fraction of sp³-hybridized carbons (Fsp3) is 0.462. The molecule has 17 heavy (non-hydrogen) atoms. The van der Waals surface area contributed by atoms with Crippen molar-refractivity contribution in [3.05, 3.63) is 17.7 Å². The second kappa shape index (κ2) is 4.92. The van der Waals surface area contributed by atoms with Crippen LogP contribution in [0.5, 0.6) is 5.75 Å². The predicted molar refractivity (Wildman–Crippen MR) is 73.9 cm³/mol. The number of nitrogens with two attached hydrogens (primary N) is 1. The topological polar surface area (TPSA) is 48.1 Å². The Hall–Kier alpha value is -1.29. The minimum Gasteiger partial charge on any atom is -0.493 e. The van der Waals surface area contributed by atoms with Gasteiger partial charge in [-0.3, -0.25) is 0 Å². The van der Waals surface area contributed by atoms with E-state index in [4.69, 9.17) is 10.5 Å². The highest BCUT2D eigenvalue weighted by Gasteiger charge is 2.12. The molecule has 2 aromatic rings. The Bertz CT molecular complexity index is 519. The molecule has 0 fully saturated rings. The molecule has 0 amide bonds. The van der Waals surface area contributed by atoms with Crippen molar-refractivity contribution in [2.45, 2.75) is 33.1 Å². The molecule has 1 heterocycles. The SMILES string of the molecule is CCCOc1cc2sc(N)nc2cc1C(C)C. The molecular formula is C13H18N2OS. The van der Waals surface area contributed by atoms with Crippen LogP contribution < -0.4 is 10.5 Å². The van der Waals surface area contributed by atoms with E-state index in [1.165, 1.54) is 16.9 Å². The summed E-state index contributed by atoms with van der Waals surface area (Å²) >= 11 is 1.51. The minimum atomic E-state index is 0.425. The molecule has 0 saturated carbocycles. The van der Waals surface area contributed by atoms with Gasteiger partial charge in [-0.2, -0.15) is 0 Å². The van der Waals surface area contributed by atoms with Crippen molar-refractivity contribution in [1.29, 1.82) is 0 Å². The first kappa shape index (κ1) is 12.2. The maximum absolute atomic E-state index is 5.80. The molecule has 0 aliphatic rings. The molecule has 0 radical (unpaired) electrons. The van der Waals surface area contributed by atoms with Crippen LogP contribution in [0.15, 0.2) is 12.1 Å². The summed E-state index contributed by atoms with van der Waals surface area (Å²) in [6.07, 6.45) is 1.01. The molecule has 0 unspecified atom stereocenters. The number of nitrogens with zero attached hydrogens (tertiary/aromatic N) is 1. The van der Waals surface area contributed by atoms with Crippen LogP contribution in [-0.2, 0) is 0 Å². The van der Waals surface area contributed by atoms with Gasteiger partial charge in [-0.25, -0.2) is 4.98 Å². The highest BCUT2D eigenvalue weighted by molar-refractivity contribution is 7.22. The average Bonchev–Trinajstić information content (AvgIpc) is 2.63. The number of benzene rings is 1. The average molecular weight is 250 g/mol. The second-order valence-corrected chi connectivity index (χ2v) is 5.48. The zero-order valence-corrected chi connectivity index (χ0v) is 11.3. The van der Waals surface area contributed by atoms with Gasteiger partial charge in [0.25, 0.3) is 0 Å². The van der Waals surface area contributed by atoms with Gasteiger partial charge >= 0.3 is 0 Å². The highest BCUT2D eigenvalue weighted by atomic mass is 32.1. The smallest absolute Gasteiger partial charge is 0.181 e. The molecule has 92 valence electrons. The molecule has 2 N–H and O–H groups in total. The molecule has 2 rings (SSSR count). The van der Waals surface area contributed by atoms with Crippen LogP contribution in [0, 0.1) is 0 Å². The summed E-state index contributed by atoms with van der Waals surface area (Å²) < 4.78 is 6.90. The first-order valence-corrected chi connectivity index (χ1v) is 6.76. The molecule has 0 spiro atoms. The van der Waals surface area contributed by atoms with Crippen molar-refractivity contribution >= 4 is 26.7 Å². The monoisotopic (exact) mass is 250 g/mol. The van der Waals surface area contributed by atoms with Gasteiger partial charge in [0.2, 0.25) is 0 Å². The van der Waals surface area contributed by atoms with Gasteiger partial charge in [0.1, 0.15) is 5.75 Å². The van der Waals surface area contributed by atoms with Crippen molar-refractivity contribution in [1.82, 2.24) is 4.98 Å². The van der Waals surface area contributed by atoms with E-state index in [0.29, 0.717) is 11.0 Å². The van der Waals surface area contributed by atoms with Gasteiger partial charge in [0.05, 0.1) is 16.8 Å². The molecule has 4 heteroatoms. The van der Waals surface area contributed by atoms with Crippen LogP contribution in [0.3, 0.4) is 0 Å². The molecule has 0 saturated heterocycles. The Labute approximate surface area is 106 Å². The molecule has 1 aromatic carbocycles. The fourth-order valence-electron chi connectivity index (χ4n) is 1.78. The van der Waals surface area contributed by atoms with E-state index < -0.39 is 0 Å². The van der Waals surface area contributed by atoms with Gasteiger partial charge in [-0.15, -0.1) is 0 Å². The van der Waals surface area contributed by atoms with Crippen molar-refractivity contribution in [2.24, 2.45) is 0 Å². The lowest BCUT2D eigenvalue weighted by atomic mass is 10.0. The highest BCUT2D eigenvalue weighted by Crippen LogP contribution is 2.34. The summed E-state index contributed by atoms with van der Waals surface area (Å²) in [5, 5.41) is 0.613. The Balaban J connectivity index is 2.49. The Morgan fingerprint density at radius 1 is 1.41 bits per heavy atom. The van der Waals surface area contributed by atoms with Crippen molar-refractivity contribution in [2.75, 3.05) is 12.3 Å². The van der Waals surface area contributed by atoms with Gasteiger partial charge in [-0.1, -0.05) is 32.1 Å². The number of nitrogen functional groups attached to an aromatic ring is 1. The van der Waals surface area contributed by atoms with Crippen molar-refractivity contribution < 1.29 is 4.74 Å². The number of aromatic nitrogens is 1. The summed E-state index contributed by atoms with van der Waals surface area (Å²) in [6.45, 7) is 7.18. The van der Waals surface area contributed by atoms with Gasteiger partial charge in [0.15, 0.2) is 5.13 Å². The first-order chi connectivity index (χ1) is 8.11. The number of thiazole rings is 1. The summed E-state index contributed by atoms with van der Waals surface area (Å²) in [4.78, 5) is 4.32. The Kier molecular flexibility index (Phi) is 3.52. The Morgan fingerprint density at radius 3 is 2.82 bits per heavy atom. The number of hydrogen-bond acceptors (Lipinski definition) is 4. The van der Waals surface area contributed by atoms with E-state index in [9.17, 15) is 0 Å². The summed E-state index contributed by atoms with van der Waals surface area (Å²) in [6, 6.07) is 4.16. The molecule has 0 bridgehead atoms. The molecule has 0 aliphatic carbocycles. The first-order valence-electron chi connectivity index (χ1n) is 5.94. The molecule has 3 nitrogen and oxygen atoms in total. The second-order valence-electron chi connectivity index (χ2n) is 4.41. The van der Waals surface area contributed by atoms with Crippen molar-refractivity contribution in [3.8, 4) is 5.75 Å². The van der Waals surface area contributed by atoms with Crippen LogP contribution in [0.1, 0.15) is 38.7 Å². The van der Waals surface area contributed by atoms with Gasteiger partial charge in [0, 0.05) is 0 Å². The van der Waals surface area contributed by atoms with Gasteiger partial charge in [-0.05, 0) is 30.0 Å². The third-order valence-electron chi connectivity index (χ3n) is 2.62. The lowest BCUT2D eigenvalue weighted by molar-refractivity contribution is 0.313. The molecule has 0 aliphatic heterocycles. The maximum atomic E-state index is 5.80. The molecule has 0 atom stereocenters. The number of anilines is 1. The number of hydrogen-bond donors (Lipinski definition) is 1. The predicted octanol–water partition coefficient (Wildman–Crippen LogP) is 3.79. The zero-order valence-electron chi connectivity index (χ0n) is 10.5. The number of ether oxygens (including phenoxy) is 1. The van der Waals surface area contributed by atoms with E-state index in [1.807, 2.05) is 0 Å². The summed E-state index contributed by atoms with van der Waals surface area (Å²) in [7, 11) is 0. The van der Waals surface area contributed by atoms with E-state index in [2.05, 4.69) is 37.9 Å². The normalized spacial score (nSPS) is 11.3. The largest absolute Gasteiger partial charge is 0.493 e. The summed E-state index contributed by atoms with van der Waals surface area (Å²) in [5.74, 6) is 1.40. The molecular weight excluding hydrogens is 232 g/mol. The van der Waals surface area contributed by atoms with Crippen molar-refractivity contribution in [3.63, 3.8) is 0 Å². The third-order valence-corrected chi connectivity index (χ3v) is 3.47. The Morgan fingerprint density at radius 2 is 2.18 bits per heavy atom. The van der Waals surface area contributed by atoms with E-state index >= 15 is 0 Å². The van der Waals surface area contributed by atoms with Crippen LogP contribution in [0.2, 0.25) is 0 Å². The standard InChI is InChI=1S/C13H18N2OS/c1-4-5-16-11-7-12-10(15-13(14)17-12)6-9(11)8(2)3/h6-8H,4-5H2,1-3H3,(H2,14,15). The summed E-state index contributed by atoms with van der Waals surface area (Å²) in [5.41, 5.74) is 7.91.